The van der Waals surface area contributed by atoms with Gasteiger partial charge in [-0.1, -0.05) is 19.8 Å². The normalized spacial score (nSPS) is 18.1. The summed E-state index contributed by atoms with van der Waals surface area (Å²) in [6, 6.07) is 1.78. The fourth-order valence-corrected chi connectivity index (χ4v) is 2.00. The Hall–Kier alpha value is -1.62. The Bertz CT molecular complexity index is 466. The van der Waals surface area contributed by atoms with E-state index in [-0.39, 0.29) is 11.2 Å². The molecule has 0 fully saturated rings. The number of pyridine rings is 1. The minimum atomic E-state index is 0.0226. The van der Waals surface area contributed by atoms with Crippen LogP contribution >= 0.6 is 0 Å². The molecule has 1 aromatic heterocycles. The minimum absolute atomic E-state index is 0.0226. The third-order valence-corrected chi connectivity index (χ3v) is 2.72. The van der Waals surface area contributed by atoms with Crippen molar-refractivity contribution in [3.63, 3.8) is 0 Å². The van der Waals surface area contributed by atoms with Crippen LogP contribution in [0.1, 0.15) is 41.9 Å². The molecule has 2 nitrogen and oxygen atoms in total. The van der Waals surface area contributed by atoms with E-state index in [2.05, 4.69) is 24.8 Å². The monoisotopic (exact) mass is 199 g/mol. The molecular formula is C13H13NO. The molecule has 0 spiro atoms. The van der Waals surface area contributed by atoms with Crippen LogP contribution in [-0.4, -0.2) is 10.8 Å². The number of ketones is 1. The highest BCUT2D eigenvalue weighted by Gasteiger charge is 2.31. The summed E-state index contributed by atoms with van der Waals surface area (Å²) < 4.78 is 0. The van der Waals surface area contributed by atoms with Gasteiger partial charge < -0.3 is 0 Å². The molecule has 2 heteroatoms. The molecule has 1 aromatic rings. The lowest BCUT2D eigenvalue weighted by Gasteiger charge is -2.29. The maximum Gasteiger partial charge on any atom is 0.165 e. The van der Waals surface area contributed by atoms with Gasteiger partial charge in [0.05, 0.1) is 5.69 Å². The average molecular weight is 199 g/mol. The number of hydrogen-bond donors (Lipinski definition) is 0. The molecule has 0 bridgehead atoms. The molecule has 2 rings (SSSR count). The number of carbonyl (C=O) groups is 1. The Labute approximate surface area is 89.7 Å². The topological polar surface area (TPSA) is 30.0 Å². The van der Waals surface area contributed by atoms with Crippen molar-refractivity contribution in [1.29, 1.82) is 0 Å². The van der Waals surface area contributed by atoms with Gasteiger partial charge in [0.2, 0.25) is 0 Å². The Morgan fingerprint density at radius 2 is 2.20 bits per heavy atom. The number of rotatable bonds is 0. The molecule has 0 unspecified atom stereocenters. The summed E-state index contributed by atoms with van der Waals surface area (Å²) in [7, 11) is 0. The average Bonchev–Trinajstić information content (AvgIpc) is 2.15. The molecule has 0 aromatic carbocycles. The van der Waals surface area contributed by atoms with Crippen molar-refractivity contribution >= 4 is 5.78 Å². The maximum absolute atomic E-state index is 11.9. The van der Waals surface area contributed by atoms with E-state index in [0.717, 1.165) is 12.1 Å². The highest BCUT2D eigenvalue weighted by atomic mass is 16.1. The first kappa shape index (κ1) is 9.92. The smallest absolute Gasteiger partial charge is 0.165 e. The Kier molecular flexibility index (Phi) is 2.12. The first-order valence-electron chi connectivity index (χ1n) is 5.00. The molecule has 76 valence electrons. The van der Waals surface area contributed by atoms with Crippen molar-refractivity contribution in [3.05, 3.63) is 29.1 Å². The van der Waals surface area contributed by atoms with E-state index in [0.29, 0.717) is 17.5 Å². The summed E-state index contributed by atoms with van der Waals surface area (Å²) in [4.78, 5) is 16.1. The van der Waals surface area contributed by atoms with E-state index in [4.69, 9.17) is 6.42 Å². The van der Waals surface area contributed by atoms with Crippen molar-refractivity contribution in [1.82, 2.24) is 4.98 Å². The largest absolute Gasteiger partial charge is 0.294 e. The third kappa shape index (κ3) is 1.78. The number of terminal acetylenes is 1. The summed E-state index contributed by atoms with van der Waals surface area (Å²) in [5.74, 6) is 2.66. The van der Waals surface area contributed by atoms with Gasteiger partial charge >= 0.3 is 0 Å². The second-order valence-corrected chi connectivity index (χ2v) is 4.80. The van der Waals surface area contributed by atoms with Crippen molar-refractivity contribution in [2.45, 2.75) is 26.7 Å². The van der Waals surface area contributed by atoms with Gasteiger partial charge in [0, 0.05) is 23.7 Å². The predicted molar refractivity (Wildman–Crippen MR) is 58.6 cm³/mol. The van der Waals surface area contributed by atoms with Crippen molar-refractivity contribution in [2.75, 3.05) is 0 Å². The van der Waals surface area contributed by atoms with Crippen molar-refractivity contribution in [2.24, 2.45) is 5.41 Å². The molecule has 1 aliphatic carbocycles. The summed E-state index contributed by atoms with van der Waals surface area (Å²) in [6.45, 7) is 4.18. The van der Waals surface area contributed by atoms with Gasteiger partial charge in [0.25, 0.3) is 0 Å². The summed E-state index contributed by atoms with van der Waals surface area (Å²) in [6.07, 6.45) is 8.37. The molecule has 1 aliphatic rings. The zero-order valence-corrected chi connectivity index (χ0v) is 9.00. The van der Waals surface area contributed by atoms with Crippen LogP contribution in [0.4, 0.5) is 0 Å². The minimum Gasteiger partial charge on any atom is -0.294 e. The van der Waals surface area contributed by atoms with E-state index in [1.165, 1.54) is 0 Å². The van der Waals surface area contributed by atoms with Gasteiger partial charge in [-0.25, -0.2) is 0 Å². The molecule has 0 amide bonds. The quantitative estimate of drug-likeness (QED) is 0.600. The van der Waals surface area contributed by atoms with Crippen molar-refractivity contribution in [3.8, 4) is 12.3 Å². The van der Waals surface area contributed by atoms with E-state index >= 15 is 0 Å². The van der Waals surface area contributed by atoms with Gasteiger partial charge in [-0.05, 0) is 17.9 Å². The number of fused-ring (bicyclic) bond motifs is 1. The lowest BCUT2D eigenvalue weighted by atomic mass is 9.75. The van der Waals surface area contributed by atoms with Crippen molar-refractivity contribution < 1.29 is 4.79 Å². The lowest BCUT2D eigenvalue weighted by molar-refractivity contribution is 0.0910. The van der Waals surface area contributed by atoms with Crippen LogP contribution < -0.4 is 0 Å². The maximum atomic E-state index is 11.9. The molecule has 15 heavy (non-hydrogen) atoms. The molecular weight excluding hydrogens is 186 g/mol. The van der Waals surface area contributed by atoms with Crippen LogP contribution in [0.25, 0.3) is 0 Å². The number of carbonyl (C=O) groups excluding carboxylic acids is 1. The van der Waals surface area contributed by atoms with Gasteiger partial charge in [-0.2, -0.15) is 0 Å². The number of aromatic nitrogens is 1. The fourth-order valence-electron chi connectivity index (χ4n) is 2.00. The molecule has 0 radical (unpaired) electrons. The van der Waals surface area contributed by atoms with Crippen LogP contribution in [0.2, 0.25) is 0 Å². The zero-order chi connectivity index (χ0) is 11.1. The fraction of sp³-hybridized carbons (Fsp3) is 0.385. The highest BCUT2D eigenvalue weighted by Crippen LogP contribution is 2.33. The van der Waals surface area contributed by atoms with Crippen LogP contribution in [0.5, 0.6) is 0 Å². The predicted octanol–water partition coefficient (Wildman–Crippen LogP) is 2.22. The SMILES string of the molecule is C#Cc1cnc2c(c1)C(=O)CC(C)(C)C2. The summed E-state index contributed by atoms with van der Waals surface area (Å²) in [5.41, 5.74) is 2.30. The standard InChI is InChI=1S/C13H13NO/c1-4-9-5-10-11(14-8-9)6-13(2,3)7-12(10)15/h1,5,8H,6-7H2,2-3H3. The van der Waals surface area contributed by atoms with Crippen LogP contribution in [0.3, 0.4) is 0 Å². The van der Waals surface area contributed by atoms with E-state index < -0.39 is 0 Å². The van der Waals surface area contributed by atoms with Crippen LogP contribution in [-0.2, 0) is 6.42 Å². The van der Waals surface area contributed by atoms with Gasteiger partial charge in [-0.15, -0.1) is 6.42 Å². The Balaban J connectivity index is 2.52. The number of hydrogen-bond acceptors (Lipinski definition) is 2. The third-order valence-electron chi connectivity index (χ3n) is 2.72. The van der Waals surface area contributed by atoms with Gasteiger partial charge in [0.15, 0.2) is 5.78 Å². The van der Waals surface area contributed by atoms with E-state index in [9.17, 15) is 4.79 Å². The Morgan fingerprint density at radius 1 is 1.47 bits per heavy atom. The van der Waals surface area contributed by atoms with Gasteiger partial charge in [0.1, 0.15) is 0 Å². The molecule has 1 heterocycles. The first-order valence-corrected chi connectivity index (χ1v) is 5.00. The summed E-state index contributed by atoms with van der Waals surface area (Å²) >= 11 is 0. The van der Waals surface area contributed by atoms with Gasteiger partial charge in [-0.3, -0.25) is 9.78 Å². The zero-order valence-electron chi connectivity index (χ0n) is 9.00. The Morgan fingerprint density at radius 3 is 2.87 bits per heavy atom. The molecule has 0 saturated carbocycles. The van der Waals surface area contributed by atoms with Crippen LogP contribution in [0, 0.1) is 17.8 Å². The second kappa shape index (κ2) is 3.20. The second-order valence-electron chi connectivity index (χ2n) is 4.80. The molecule has 0 aliphatic heterocycles. The summed E-state index contributed by atoms with van der Waals surface area (Å²) in [5, 5.41) is 0. The van der Waals surface area contributed by atoms with Crippen LogP contribution in [0.15, 0.2) is 12.3 Å². The van der Waals surface area contributed by atoms with E-state index in [1.807, 2.05) is 0 Å². The number of nitrogens with zero attached hydrogens (tertiary/aromatic N) is 1. The highest BCUT2D eigenvalue weighted by molar-refractivity contribution is 5.98. The molecule has 0 N–H and O–H groups in total. The van der Waals surface area contributed by atoms with E-state index in [1.54, 1.807) is 12.3 Å². The lowest BCUT2D eigenvalue weighted by Crippen LogP contribution is -2.27. The molecule has 0 atom stereocenters. The number of Topliss-reactive ketones (excluding diaryl/α,β-unsaturated/α-hetero) is 1. The first-order chi connectivity index (χ1) is 7.02. The molecule has 0 saturated heterocycles.